The Kier molecular flexibility index (Phi) is 4.98. The van der Waals surface area contributed by atoms with Crippen molar-refractivity contribution in [3.8, 4) is 0 Å². The minimum atomic E-state index is -0.219. The van der Waals surface area contributed by atoms with Crippen LogP contribution in [0.25, 0.3) is 0 Å². The molecule has 6 heteroatoms. The minimum absolute atomic E-state index is 0.0592. The third kappa shape index (κ3) is 3.49. The highest BCUT2D eigenvalue weighted by Crippen LogP contribution is 2.22. The maximum absolute atomic E-state index is 12.1. The lowest BCUT2D eigenvalue weighted by atomic mass is 10.1. The summed E-state index contributed by atoms with van der Waals surface area (Å²) < 4.78 is 0. The molecule has 1 aliphatic heterocycles. The molecule has 0 saturated carbocycles. The predicted molar refractivity (Wildman–Crippen MR) is 79.1 cm³/mol. The molecule has 20 heavy (non-hydrogen) atoms. The number of amides is 2. The number of carbonyl (C=O) groups excluding carboxylic acids is 2. The van der Waals surface area contributed by atoms with Gasteiger partial charge in [0.25, 0.3) is 5.91 Å². The minimum Gasteiger partial charge on any atom is -0.352 e. The zero-order chi connectivity index (χ0) is 14.5. The summed E-state index contributed by atoms with van der Waals surface area (Å²) in [5.74, 6) is -0.358. The first-order chi connectivity index (χ1) is 9.61. The van der Waals surface area contributed by atoms with E-state index in [1.807, 2.05) is 6.92 Å². The highest BCUT2D eigenvalue weighted by molar-refractivity contribution is 6.31. The van der Waals surface area contributed by atoms with E-state index in [4.69, 9.17) is 11.6 Å². The topological polar surface area (TPSA) is 70.2 Å². The average molecular weight is 296 g/mol. The molecule has 1 fully saturated rings. The summed E-state index contributed by atoms with van der Waals surface area (Å²) in [7, 11) is 0. The largest absolute Gasteiger partial charge is 0.352 e. The molecule has 0 aliphatic carbocycles. The number of hydrogen-bond donors (Lipinski definition) is 3. The number of halogens is 1. The van der Waals surface area contributed by atoms with Crippen LogP contribution in [0, 0.1) is 5.92 Å². The molecule has 0 bridgehead atoms. The van der Waals surface area contributed by atoms with Gasteiger partial charge in [-0.1, -0.05) is 11.6 Å². The van der Waals surface area contributed by atoms with E-state index in [9.17, 15) is 9.59 Å². The molecular weight excluding hydrogens is 278 g/mol. The molecule has 5 nitrogen and oxygen atoms in total. The highest BCUT2D eigenvalue weighted by Gasteiger charge is 2.23. The summed E-state index contributed by atoms with van der Waals surface area (Å²) in [6, 6.07) is 4.86. The molecule has 1 atom stereocenters. The number of carbonyl (C=O) groups is 2. The molecule has 1 aromatic carbocycles. The number of hydrogen-bond acceptors (Lipinski definition) is 3. The monoisotopic (exact) mass is 295 g/mol. The van der Waals surface area contributed by atoms with E-state index in [0.717, 1.165) is 13.0 Å². The fourth-order valence-corrected chi connectivity index (χ4v) is 2.36. The standard InChI is InChI=1S/C14H18ClN3O2/c1-2-17-14(20)11-4-3-10(15)7-12(11)18-13(19)9-5-6-16-8-9/h3-4,7,9,16H,2,5-6,8H2,1H3,(H,17,20)(H,18,19). The van der Waals surface area contributed by atoms with E-state index < -0.39 is 0 Å². The van der Waals surface area contributed by atoms with Crippen LogP contribution in [-0.4, -0.2) is 31.4 Å². The van der Waals surface area contributed by atoms with Crippen LogP contribution in [0.3, 0.4) is 0 Å². The molecule has 3 N–H and O–H groups in total. The zero-order valence-corrected chi connectivity index (χ0v) is 12.1. The Bertz CT molecular complexity index is 513. The van der Waals surface area contributed by atoms with Crippen LogP contribution in [-0.2, 0) is 4.79 Å². The lowest BCUT2D eigenvalue weighted by Crippen LogP contribution is -2.28. The van der Waals surface area contributed by atoms with Gasteiger partial charge in [-0.3, -0.25) is 9.59 Å². The summed E-state index contributed by atoms with van der Waals surface area (Å²) in [5.41, 5.74) is 0.885. The summed E-state index contributed by atoms with van der Waals surface area (Å²) in [6.45, 7) is 3.89. The second kappa shape index (κ2) is 6.72. The Morgan fingerprint density at radius 1 is 1.45 bits per heavy atom. The fraction of sp³-hybridized carbons (Fsp3) is 0.429. The van der Waals surface area contributed by atoms with Crippen molar-refractivity contribution in [2.24, 2.45) is 5.92 Å². The molecular formula is C14H18ClN3O2. The Morgan fingerprint density at radius 2 is 2.25 bits per heavy atom. The number of rotatable bonds is 4. The quantitative estimate of drug-likeness (QED) is 0.791. The van der Waals surface area contributed by atoms with E-state index in [2.05, 4.69) is 16.0 Å². The van der Waals surface area contributed by atoms with E-state index in [1.54, 1.807) is 18.2 Å². The van der Waals surface area contributed by atoms with Gasteiger partial charge < -0.3 is 16.0 Å². The SMILES string of the molecule is CCNC(=O)c1ccc(Cl)cc1NC(=O)C1CCNC1. The van der Waals surface area contributed by atoms with Crippen molar-refractivity contribution in [2.75, 3.05) is 25.0 Å². The molecule has 0 radical (unpaired) electrons. The molecule has 1 unspecified atom stereocenters. The van der Waals surface area contributed by atoms with Crippen LogP contribution in [0.1, 0.15) is 23.7 Å². The fourth-order valence-electron chi connectivity index (χ4n) is 2.19. The van der Waals surface area contributed by atoms with Crippen molar-refractivity contribution in [2.45, 2.75) is 13.3 Å². The van der Waals surface area contributed by atoms with E-state index in [0.29, 0.717) is 29.4 Å². The summed E-state index contributed by atoms with van der Waals surface area (Å²) in [4.78, 5) is 24.1. The van der Waals surface area contributed by atoms with Crippen LogP contribution < -0.4 is 16.0 Å². The van der Waals surface area contributed by atoms with Gasteiger partial charge in [-0.2, -0.15) is 0 Å². The van der Waals surface area contributed by atoms with Crippen molar-refractivity contribution in [3.05, 3.63) is 28.8 Å². The molecule has 108 valence electrons. The Hall–Kier alpha value is -1.59. The summed E-state index contributed by atoms with van der Waals surface area (Å²) in [6.07, 6.45) is 0.808. The van der Waals surface area contributed by atoms with Gasteiger partial charge in [0.1, 0.15) is 0 Å². The van der Waals surface area contributed by atoms with Gasteiger partial charge in [-0.15, -0.1) is 0 Å². The normalized spacial score (nSPS) is 17.8. The third-order valence-corrected chi connectivity index (χ3v) is 3.49. The zero-order valence-electron chi connectivity index (χ0n) is 11.3. The molecule has 2 amide bonds. The van der Waals surface area contributed by atoms with Gasteiger partial charge in [0.2, 0.25) is 5.91 Å². The maximum Gasteiger partial charge on any atom is 0.253 e. The van der Waals surface area contributed by atoms with Crippen LogP contribution in [0.5, 0.6) is 0 Å². The first-order valence-electron chi connectivity index (χ1n) is 6.71. The smallest absolute Gasteiger partial charge is 0.253 e. The Balaban J connectivity index is 2.18. The predicted octanol–water partition coefficient (Wildman–Crippen LogP) is 1.64. The molecule has 1 heterocycles. The highest BCUT2D eigenvalue weighted by atomic mass is 35.5. The van der Waals surface area contributed by atoms with Crippen molar-refractivity contribution in [1.82, 2.24) is 10.6 Å². The Labute approximate surface area is 123 Å². The van der Waals surface area contributed by atoms with E-state index in [1.165, 1.54) is 0 Å². The van der Waals surface area contributed by atoms with Gasteiger partial charge in [0.05, 0.1) is 17.2 Å². The first kappa shape index (κ1) is 14.8. The number of benzene rings is 1. The molecule has 2 rings (SSSR count). The molecule has 1 aliphatic rings. The second-order valence-electron chi connectivity index (χ2n) is 4.73. The van der Waals surface area contributed by atoms with Gasteiger partial charge in [-0.25, -0.2) is 0 Å². The lowest BCUT2D eigenvalue weighted by Gasteiger charge is -2.14. The van der Waals surface area contributed by atoms with Gasteiger partial charge in [0.15, 0.2) is 0 Å². The van der Waals surface area contributed by atoms with Gasteiger partial charge >= 0.3 is 0 Å². The van der Waals surface area contributed by atoms with Gasteiger partial charge in [0, 0.05) is 18.1 Å². The molecule has 0 spiro atoms. The summed E-state index contributed by atoms with van der Waals surface area (Å²) in [5, 5.41) is 9.15. The van der Waals surface area contributed by atoms with Crippen molar-refractivity contribution >= 4 is 29.1 Å². The van der Waals surface area contributed by atoms with E-state index >= 15 is 0 Å². The van der Waals surface area contributed by atoms with Crippen LogP contribution in [0.2, 0.25) is 5.02 Å². The Morgan fingerprint density at radius 3 is 2.90 bits per heavy atom. The van der Waals surface area contributed by atoms with E-state index in [-0.39, 0.29) is 17.7 Å². The molecule has 1 saturated heterocycles. The van der Waals surface area contributed by atoms with Crippen LogP contribution in [0.15, 0.2) is 18.2 Å². The lowest BCUT2D eigenvalue weighted by molar-refractivity contribution is -0.119. The number of nitrogens with one attached hydrogen (secondary N) is 3. The third-order valence-electron chi connectivity index (χ3n) is 3.25. The van der Waals surface area contributed by atoms with Crippen molar-refractivity contribution < 1.29 is 9.59 Å². The van der Waals surface area contributed by atoms with Crippen molar-refractivity contribution in [1.29, 1.82) is 0 Å². The molecule has 1 aromatic rings. The second-order valence-corrected chi connectivity index (χ2v) is 5.16. The molecule has 0 aromatic heterocycles. The van der Waals surface area contributed by atoms with Gasteiger partial charge in [-0.05, 0) is 38.1 Å². The average Bonchev–Trinajstić information content (AvgIpc) is 2.93. The van der Waals surface area contributed by atoms with Crippen molar-refractivity contribution in [3.63, 3.8) is 0 Å². The number of anilines is 1. The summed E-state index contributed by atoms with van der Waals surface area (Å²) >= 11 is 5.95. The van der Waals surface area contributed by atoms with Crippen LogP contribution >= 0.6 is 11.6 Å². The maximum atomic E-state index is 12.1. The van der Waals surface area contributed by atoms with Crippen LogP contribution in [0.4, 0.5) is 5.69 Å². The first-order valence-corrected chi connectivity index (χ1v) is 7.09.